The molecule has 0 fully saturated rings. The first-order valence-corrected chi connectivity index (χ1v) is 13.6. The van der Waals surface area contributed by atoms with E-state index in [0.29, 0.717) is 12.1 Å². The highest BCUT2D eigenvalue weighted by atomic mass is 35.7. The second kappa shape index (κ2) is 6.74. The molecule has 0 saturated heterocycles. The monoisotopic (exact) mass is 393 g/mol. The van der Waals surface area contributed by atoms with E-state index in [-0.39, 0.29) is 16.1 Å². The van der Waals surface area contributed by atoms with Crippen LogP contribution in [0.15, 0.2) is 15.1 Å². The van der Waals surface area contributed by atoms with E-state index < -0.39 is 22.8 Å². The minimum atomic E-state index is -3.14. The summed E-state index contributed by atoms with van der Waals surface area (Å²) in [7, 11) is 1.03. The van der Waals surface area contributed by atoms with Crippen LogP contribution < -0.4 is 0 Å². The van der Waals surface area contributed by atoms with Gasteiger partial charge in [0.05, 0.1) is 5.69 Å². The fourth-order valence-electron chi connectivity index (χ4n) is 1.95. The van der Waals surface area contributed by atoms with Crippen LogP contribution in [0.1, 0.15) is 66.6 Å². The van der Waals surface area contributed by atoms with E-state index in [1.807, 2.05) is 20.8 Å². The highest BCUT2D eigenvalue weighted by molar-refractivity contribution is 8.16. The maximum Gasteiger partial charge on any atom is 0.194 e. The molecule has 0 bridgehead atoms. The molecule has 0 aromatic carbocycles. The largest absolute Gasteiger partial charge is 0.384 e. The quantitative estimate of drug-likeness (QED) is 0.561. The summed E-state index contributed by atoms with van der Waals surface area (Å²) in [6, 6.07) is 1.67. The zero-order valence-electron chi connectivity index (χ0n) is 16.3. The van der Waals surface area contributed by atoms with Crippen molar-refractivity contribution in [3.63, 3.8) is 0 Å². The van der Waals surface area contributed by atoms with Crippen molar-refractivity contribution >= 4 is 27.9 Å². The molecule has 2 atom stereocenters. The van der Waals surface area contributed by atoms with Crippen LogP contribution in [0.2, 0.25) is 18.1 Å². The van der Waals surface area contributed by atoms with Crippen molar-refractivity contribution in [3.05, 3.63) is 11.8 Å². The summed E-state index contributed by atoms with van der Waals surface area (Å²) in [6.07, 6.45) is 0.522. The first-order chi connectivity index (χ1) is 10.5. The normalized spacial score (nSPS) is 18.3. The predicted molar refractivity (Wildman–Crippen MR) is 104 cm³/mol. The Morgan fingerprint density at radius 3 is 2.25 bits per heavy atom. The van der Waals surface area contributed by atoms with E-state index in [1.165, 1.54) is 0 Å². The van der Waals surface area contributed by atoms with Crippen molar-refractivity contribution in [2.45, 2.75) is 89.7 Å². The van der Waals surface area contributed by atoms with Gasteiger partial charge in [-0.05, 0) is 45.3 Å². The van der Waals surface area contributed by atoms with Gasteiger partial charge in [0, 0.05) is 22.8 Å². The van der Waals surface area contributed by atoms with Gasteiger partial charge in [0.15, 0.2) is 22.2 Å². The van der Waals surface area contributed by atoms with E-state index in [1.54, 1.807) is 17.7 Å². The second-order valence-electron chi connectivity index (χ2n) is 8.39. The Morgan fingerprint density at radius 1 is 1.38 bits per heavy atom. The van der Waals surface area contributed by atoms with Crippen molar-refractivity contribution < 1.29 is 9.32 Å². The summed E-state index contributed by atoms with van der Waals surface area (Å²) in [4.78, 5) is 0. The molecule has 0 saturated carbocycles. The van der Waals surface area contributed by atoms with E-state index >= 15 is 0 Å². The van der Waals surface area contributed by atoms with Crippen LogP contribution in [-0.4, -0.2) is 27.3 Å². The molecule has 0 aliphatic heterocycles. The van der Waals surface area contributed by atoms with Gasteiger partial charge in [-0.25, -0.2) is 4.21 Å². The van der Waals surface area contributed by atoms with Gasteiger partial charge in [-0.15, -0.1) is 0 Å². The topological polar surface area (TPSA) is 67.5 Å². The Bertz CT molecular complexity index is 711. The van der Waals surface area contributed by atoms with Gasteiger partial charge in [0.2, 0.25) is 0 Å². The molecule has 8 heteroatoms. The third kappa shape index (κ3) is 4.42. The molecule has 1 aromatic heterocycles. The van der Waals surface area contributed by atoms with Crippen molar-refractivity contribution in [1.82, 2.24) is 9.78 Å². The second-order valence-corrected chi connectivity index (χ2v) is 16.3. The number of halogens is 1. The van der Waals surface area contributed by atoms with Crippen LogP contribution >= 0.6 is 10.7 Å². The van der Waals surface area contributed by atoms with Gasteiger partial charge >= 0.3 is 0 Å². The number of hydrogen-bond donors (Lipinski definition) is 1. The van der Waals surface area contributed by atoms with Gasteiger partial charge in [0.25, 0.3) is 0 Å². The molecule has 1 aromatic rings. The Morgan fingerprint density at radius 2 is 1.88 bits per heavy atom. The highest BCUT2D eigenvalue weighted by Gasteiger charge is 2.38. The Hall–Kier alpha value is -0.373. The maximum absolute atomic E-state index is 13.1. The molecule has 0 aliphatic rings. The molecule has 140 valence electrons. The lowest BCUT2D eigenvalue weighted by atomic mass is 9.99. The fourth-order valence-corrected chi connectivity index (χ4v) is 7.99. The number of rotatable bonds is 5. The molecule has 2 unspecified atom stereocenters. The third-order valence-electron chi connectivity index (χ3n) is 4.88. The SMILES string of the molecule is CCC(C)(O)c1cc(S(=O)(Cl)=N[Si](C)(C)C(C)(C)C)nn1C(C)C. The van der Waals surface area contributed by atoms with Crippen LogP contribution in [-0.2, 0) is 14.5 Å². The zero-order chi connectivity index (χ0) is 19.1. The van der Waals surface area contributed by atoms with Crippen LogP contribution in [0.25, 0.3) is 0 Å². The average Bonchev–Trinajstić information content (AvgIpc) is 2.82. The highest BCUT2D eigenvalue weighted by Crippen LogP contribution is 2.39. The van der Waals surface area contributed by atoms with Crippen LogP contribution in [0.5, 0.6) is 0 Å². The standard InChI is InChI=1S/C16H32ClN3O2SSi/c1-10-16(7,21)13-11-14(18-20(13)12(2)3)23(17,22)19-24(8,9)15(4,5)6/h11-12,21H,10H2,1-9H3. The molecule has 0 aliphatic carbocycles. The summed E-state index contributed by atoms with van der Waals surface area (Å²) in [5.41, 5.74) is -0.437. The molecule has 0 spiro atoms. The summed E-state index contributed by atoms with van der Waals surface area (Å²) in [6.45, 7) is 17.9. The number of hydrogen-bond acceptors (Lipinski definition) is 4. The molecule has 24 heavy (non-hydrogen) atoms. The molecular formula is C16H32ClN3O2SSi. The lowest BCUT2D eigenvalue weighted by molar-refractivity contribution is 0.0422. The van der Waals surface area contributed by atoms with Crippen molar-refractivity contribution in [2.75, 3.05) is 0 Å². The molecule has 0 amide bonds. The first kappa shape index (κ1) is 21.7. The van der Waals surface area contributed by atoms with E-state index in [9.17, 15) is 9.32 Å². The Balaban J connectivity index is 3.58. The molecule has 5 nitrogen and oxygen atoms in total. The van der Waals surface area contributed by atoms with E-state index in [0.717, 1.165) is 0 Å². The molecule has 1 heterocycles. The summed E-state index contributed by atoms with van der Waals surface area (Å²) >= 11 is 0. The summed E-state index contributed by atoms with van der Waals surface area (Å²) < 4.78 is 19.4. The van der Waals surface area contributed by atoms with Gasteiger partial charge < -0.3 is 5.11 Å². The minimum absolute atomic E-state index is 0.0199. The van der Waals surface area contributed by atoms with Crippen LogP contribution in [0, 0.1) is 0 Å². The van der Waals surface area contributed by atoms with Crippen molar-refractivity contribution in [2.24, 2.45) is 4.03 Å². The maximum atomic E-state index is 13.1. The average molecular weight is 394 g/mol. The smallest absolute Gasteiger partial charge is 0.194 e. The number of aliphatic hydroxyl groups is 1. The van der Waals surface area contributed by atoms with Crippen LogP contribution in [0.4, 0.5) is 0 Å². The third-order valence-corrected chi connectivity index (χ3v) is 13.1. The van der Waals surface area contributed by atoms with Gasteiger partial charge in [-0.3, -0.25) is 8.71 Å². The lowest BCUT2D eigenvalue weighted by Crippen LogP contribution is -2.35. The van der Waals surface area contributed by atoms with Gasteiger partial charge in [0.1, 0.15) is 5.60 Å². The van der Waals surface area contributed by atoms with Crippen molar-refractivity contribution in [1.29, 1.82) is 0 Å². The summed E-state index contributed by atoms with van der Waals surface area (Å²) in [5.74, 6) is 0. The zero-order valence-corrected chi connectivity index (χ0v) is 18.9. The molecular weight excluding hydrogens is 362 g/mol. The molecule has 1 rings (SSSR count). The van der Waals surface area contributed by atoms with Gasteiger partial charge in [-0.2, -0.15) is 5.10 Å². The number of nitrogens with zero attached hydrogens (tertiary/aromatic N) is 3. The molecule has 0 radical (unpaired) electrons. The molecule has 1 N–H and O–H groups in total. The van der Waals surface area contributed by atoms with Crippen molar-refractivity contribution in [3.8, 4) is 0 Å². The first-order valence-electron chi connectivity index (χ1n) is 8.35. The van der Waals surface area contributed by atoms with Gasteiger partial charge in [-0.1, -0.05) is 27.7 Å². The Kier molecular flexibility index (Phi) is 6.09. The fraction of sp³-hybridized carbons (Fsp3) is 0.812. The summed E-state index contributed by atoms with van der Waals surface area (Å²) in [5, 5.41) is 15.3. The lowest BCUT2D eigenvalue weighted by Gasteiger charge is -2.32. The van der Waals surface area contributed by atoms with Crippen LogP contribution in [0.3, 0.4) is 0 Å². The Labute approximate surface area is 152 Å². The minimum Gasteiger partial charge on any atom is -0.384 e. The number of aromatic nitrogens is 2. The predicted octanol–water partition coefficient (Wildman–Crippen LogP) is 5.07. The van der Waals surface area contributed by atoms with E-state index in [4.69, 9.17) is 10.7 Å². The van der Waals surface area contributed by atoms with E-state index in [2.05, 4.69) is 43.0 Å².